The fourth-order valence-electron chi connectivity index (χ4n) is 1.06. The van der Waals surface area contributed by atoms with Crippen molar-refractivity contribution in [3.05, 3.63) is 35.4 Å². The number of hydrogen-bond donors (Lipinski definition) is 2. The van der Waals surface area contributed by atoms with Crippen LogP contribution in [0.15, 0.2) is 24.3 Å². The Bertz CT molecular complexity index is 375. The molecule has 0 saturated heterocycles. The average molecular weight is 234 g/mol. The smallest absolute Gasteiger partial charge is 0.421 e. The Morgan fingerprint density at radius 2 is 1.81 bits per heavy atom. The van der Waals surface area contributed by atoms with Gasteiger partial charge in [0.15, 0.2) is 0 Å². The number of hydrogen-bond acceptors (Lipinski definition) is 2. The Hall–Kier alpha value is -1.76. The van der Waals surface area contributed by atoms with E-state index < -0.39 is 17.8 Å². The number of hydrazine groups is 1. The summed E-state index contributed by atoms with van der Waals surface area (Å²) in [5, 5.41) is 8.94. The van der Waals surface area contributed by atoms with E-state index in [1.165, 1.54) is 12.1 Å². The fourth-order valence-corrected chi connectivity index (χ4v) is 1.06. The topological polar surface area (TPSA) is 66.6 Å². The second kappa shape index (κ2) is 4.40. The molecule has 0 saturated carbocycles. The zero-order valence-electron chi connectivity index (χ0n) is 8.03. The van der Waals surface area contributed by atoms with Gasteiger partial charge in [-0.15, -0.1) is 0 Å². The van der Waals surface area contributed by atoms with Gasteiger partial charge >= 0.3 is 12.3 Å². The molecule has 4 nitrogen and oxygen atoms in total. The van der Waals surface area contributed by atoms with E-state index in [0.29, 0.717) is 10.6 Å². The zero-order valence-corrected chi connectivity index (χ0v) is 8.03. The van der Waals surface area contributed by atoms with Gasteiger partial charge < -0.3 is 5.11 Å². The molecule has 0 aliphatic carbocycles. The molecule has 1 amide bonds. The summed E-state index contributed by atoms with van der Waals surface area (Å²) in [6, 6.07) is 4.13. The number of amides is 1. The summed E-state index contributed by atoms with van der Waals surface area (Å²) in [6.45, 7) is -0.159. The van der Waals surface area contributed by atoms with Crippen LogP contribution in [0.1, 0.15) is 11.1 Å². The number of carbonyl (C=O) groups is 1. The molecule has 0 fully saturated rings. The minimum atomic E-state index is -4.40. The fraction of sp³-hybridized carbons (Fsp3) is 0.222. The lowest BCUT2D eigenvalue weighted by Gasteiger charge is -2.13. The van der Waals surface area contributed by atoms with Crippen molar-refractivity contribution in [2.45, 2.75) is 12.7 Å². The summed E-state index contributed by atoms with van der Waals surface area (Å²) in [7, 11) is 0. The second-order valence-electron chi connectivity index (χ2n) is 3.11. The van der Waals surface area contributed by atoms with Crippen LogP contribution in [0.2, 0.25) is 0 Å². The van der Waals surface area contributed by atoms with Crippen LogP contribution in [-0.4, -0.2) is 16.2 Å². The largest absolute Gasteiger partial charge is 0.464 e. The first-order chi connectivity index (χ1) is 7.30. The van der Waals surface area contributed by atoms with Crippen LogP contribution in [0.4, 0.5) is 18.0 Å². The van der Waals surface area contributed by atoms with Crippen LogP contribution >= 0.6 is 0 Å². The summed E-state index contributed by atoms with van der Waals surface area (Å²) >= 11 is 0. The number of nitrogens with two attached hydrogens (primary N) is 1. The Morgan fingerprint density at radius 3 is 2.19 bits per heavy atom. The van der Waals surface area contributed by atoms with Crippen molar-refractivity contribution in [1.29, 1.82) is 0 Å². The zero-order chi connectivity index (χ0) is 12.3. The maximum atomic E-state index is 12.2. The molecule has 88 valence electrons. The lowest BCUT2D eigenvalue weighted by Crippen LogP contribution is -2.35. The molecule has 0 aliphatic rings. The normalized spacial score (nSPS) is 11.2. The van der Waals surface area contributed by atoms with Crippen LogP contribution < -0.4 is 5.84 Å². The predicted molar refractivity (Wildman–Crippen MR) is 49.2 cm³/mol. The van der Waals surface area contributed by atoms with E-state index in [1.54, 1.807) is 0 Å². The van der Waals surface area contributed by atoms with Gasteiger partial charge in [-0.1, -0.05) is 12.1 Å². The molecule has 0 heterocycles. The Labute approximate surface area is 89.0 Å². The maximum Gasteiger partial charge on any atom is 0.421 e. The van der Waals surface area contributed by atoms with E-state index in [-0.39, 0.29) is 6.54 Å². The molecule has 1 rings (SSSR count). The highest BCUT2D eigenvalue weighted by Gasteiger charge is 2.29. The van der Waals surface area contributed by atoms with Crippen molar-refractivity contribution in [1.82, 2.24) is 5.01 Å². The van der Waals surface area contributed by atoms with Crippen LogP contribution in [-0.2, 0) is 12.7 Å². The predicted octanol–water partition coefficient (Wildman–Crippen LogP) is 2.06. The molecule has 1 aromatic rings. The molecule has 0 radical (unpaired) electrons. The van der Waals surface area contributed by atoms with Crippen LogP contribution in [0.3, 0.4) is 0 Å². The third kappa shape index (κ3) is 3.13. The Kier molecular flexibility index (Phi) is 3.38. The van der Waals surface area contributed by atoms with Crippen LogP contribution in [0, 0.1) is 0 Å². The quantitative estimate of drug-likeness (QED) is 0.467. The molecule has 0 spiro atoms. The molecule has 0 atom stereocenters. The van der Waals surface area contributed by atoms with E-state index in [9.17, 15) is 18.0 Å². The number of rotatable bonds is 2. The van der Waals surface area contributed by atoms with Gasteiger partial charge in [-0.2, -0.15) is 13.2 Å². The summed E-state index contributed by atoms with van der Waals surface area (Å²) in [6.07, 6.45) is -5.74. The van der Waals surface area contributed by atoms with Crippen molar-refractivity contribution < 1.29 is 23.1 Å². The van der Waals surface area contributed by atoms with Gasteiger partial charge in [0.05, 0.1) is 12.1 Å². The molecule has 1 aromatic carbocycles. The van der Waals surface area contributed by atoms with Gasteiger partial charge in [0.1, 0.15) is 0 Å². The minimum absolute atomic E-state index is 0.159. The number of carboxylic acid groups (broad SMARTS) is 1. The van der Waals surface area contributed by atoms with Crippen LogP contribution in [0.5, 0.6) is 0 Å². The summed E-state index contributed by atoms with van der Waals surface area (Å²) in [4.78, 5) is 10.4. The molecular formula is C9H9F3N2O2. The van der Waals surface area contributed by atoms with Gasteiger partial charge in [0.25, 0.3) is 0 Å². The third-order valence-corrected chi connectivity index (χ3v) is 1.88. The van der Waals surface area contributed by atoms with E-state index in [1.807, 2.05) is 0 Å². The number of halogens is 3. The van der Waals surface area contributed by atoms with Crippen molar-refractivity contribution >= 4 is 6.09 Å². The highest BCUT2D eigenvalue weighted by Crippen LogP contribution is 2.29. The molecule has 7 heteroatoms. The van der Waals surface area contributed by atoms with E-state index in [4.69, 9.17) is 10.9 Å². The van der Waals surface area contributed by atoms with E-state index in [2.05, 4.69) is 0 Å². The lowest BCUT2D eigenvalue weighted by molar-refractivity contribution is -0.137. The molecule has 16 heavy (non-hydrogen) atoms. The highest BCUT2D eigenvalue weighted by atomic mass is 19.4. The van der Waals surface area contributed by atoms with Gasteiger partial charge in [-0.25, -0.2) is 15.6 Å². The third-order valence-electron chi connectivity index (χ3n) is 1.88. The van der Waals surface area contributed by atoms with Crippen molar-refractivity contribution in [3.63, 3.8) is 0 Å². The standard InChI is InChI=1S/C9H9F3N2O2/c10-9(11,12)7-3-1-6(2-4-7)5-14(13)8(15)16/h1-4H,5,13H2,(H,15,16). The molecule has 0 unspecified atom stereocenters. The number of nitrogens with zero attached hydrogens (tertiary/aromatic N) is 1. The lowest BCUT2D eigenvalue weighted by atomic mass is 10.1. The van der Waals surface area contributed by atoms with Gasteiger partial charge in [0.2, 0.25) is 0 Å². The minimum Gasteiger partial charge on any atom is -0.464 e. The molecule has 0 aromatic heterocycles. The molecular weight excluding hydrogens is 225 g/mol. The van der Waals surface area contributed by atoms with Crippen LogP contribution in [0.25, 0.3) is 0 Å². The summed E-state index contributed by atoms with van der Waals surface area (Å²) < 4.78 is 36.5. The number of alkyl halides is 3. The van der Waals surface area contributed by atoms with Crippen molar-refractivity contribution in [2.75, 3.05) is 0 Å². The molecule has 0 aliphatic heterocycles. The Balaban J connectivity index is 2.76. The van der Waals surface area contributed by atoms with Crippen molar-refractivity contribution in [3.8, 4) is 0 Å². The maximum absolute atomic E-state index is 12.2. The van der Waals surface area contributed by atoms with E-state index >= 15 is 0 Å². The Morgan fingerprint density at radius 1 is 1.31 bits per heavy atom. The van der Waals surface area contributed by atoms with Gasteiger partial charge in [-0.05, 0) is 17.7 Å². The molecule has 0 bridgehead atoms. The van der Waals surface area contributed by atoms with Gasteiger partial charge in [0, 0.05) is 0 Å². The highest BCUT2D eigenvalue weighted by molar-refractivity contribution is 5.64. The first kappa shape index (κ1) is 12.3. The monoisotopic (exact) mass is 234 g/mol. The summed E-state index contributed by atoms with van der Waals surface area (Å²) in [5.41, 5.74) is -0.395. The van der Waals surface area contributed by atoms with Crippen molar-refractivity contribution in [2.24, 2.45) is 5.84 Å². The SMILES string of the molecule is NN(Cc1ccc(C(F)(F)F)cc1)C(=O)O. The molecule has 3 N–H and O–H groups in total. The van der Waals surface area contributed by atoms with Gasteiger partial charge in [-0.3, -0.25) is 0 Å². The first-order valence-corrected chi connectivity index (χ1v) is 4.22. The summed E-state index contributed by atoms with van der Waals surface area (Å²) in [5.74, 6) is 5.08. The number of benzene rings is 1. The second-order valence-corrected chi connectivity index (χ2v) is 3.11. The average Bonchev–Trinajstić information content (AvgIpc) is 2.17. The van der Waals surface area contributed by atoms with E-state index in [0.717, 1.165) is 12.1 Å². The first-order valence-electron chi connectivity index (χ1n) is 4.22.